The highest BCUT2D eigenvalue weighted by Crippen LogP contribution is 2.40. The summed E-state index contributed by atoms with van der Waals surface area (Å²) in [6.45, 7) is 6.96. The minimum atomic E-state index is 0.551. The van der Waals surface area contributed by atoms with E-state index >= 15 is 0 Å². The average Bonchev–Trinajstić information content (AvgIpc) is 2.87. The zero-order valence-electron chi connectivity index (χ0n) is 16.7. The first kappa shape index (κ1) is 18.8. The molecule has 0 amide bonds. The Labute approximate surface area is 168 Å². The molecule has 4 rings (SSSR count). The molecule has 1 fully saturated rings. The zero-order chi connectivity index (χ0) is 18.8. The largest absolute Gasteiger partial charge is 0.356 e. The summed E-state index contributed by atoms with van der Waals surface area (Å²) >= 11 is 6.38. The monoisotopic (exact) mass is 382 g/mol. The Bertz CT molecular complexity index is 842. The summed E-state index contributed by atoms with van der Waals surface area (Å²) < 4.78 is 0. The van der Waals surface area contributed by atoms with Gasteiger partial charge in [-0.2, -0.15) is 0 Å². The topological polar surface area (TPSA) is 16.1 Å². The van der Waals surface area contributed by atoms with Crippen LogP contribution >= 0.6 is 11.6 Å². The van der Waals surface area contributed by atoms with E-state index in [0.717, 1.165) is 48.8 Å². The third-order valence-corrected chi connectivity index (χ3v) is 6.68. The molecule has 0 radical (unpaired) electrons. The van der Waals surface area contributed by atoms with Crippen LogP contribution in [0.3, 0.4) is 0 Å². The van der Waals surface area contributed by atoms with Gasteiger partial charge in [0.15, 0.2) is 0 Å². The Morgan fingerprint density at radius 1 is 1.15 bits per heavy atom. The number of pyridine rings is 1. The Balaban J connectivity index is 1.88. The first-order valence-electron chi connectivity index (χ1n) is 10.7. The smallest absolute Gasteiger partial charge is 0.133 e. The first-order valence-corrected chi connectivity index (χ1v) is 11.1. The van der Waals surface area contributed by atoms with Crippen molar-refractivity contribution in [2.24, 2.45) is 5.92 Å². The number of aromatic nitrogens is 1. The maximum Gasteiger partial charge on any atom is 0.133 e. The molecule has 2 nitrogen and oxygen atoms in total. The predicted octanol–water partition coefficient (Wildman–Crippen LogP) is 6.90. The molecule has 0 spiro atoms. The lowest BCUT2D eigenvalue weighted by Gasteiger charge is -2.31. The molecule has 3 heteroatoms. The maximum absolute atomic E-state index is 6.38. The van der Waals surface area contributed by atoms with Crippen LogP contribution in [-0.2, 0) is 6.42 Å². The van der Waals surface area contributed by atoms with Gasteiger partial charge in [0.25, 0.3) is 0 Å². The molecule has 1 aromatic heterocycles. The van der Waals surface area contributed by atoms with Crippen molar-refractivity contribution in [3.05, 3.63) is 46.5 Å². The second-order valence-electron chi connectivity index (χ2n) is 8.38. The van der Waals surface area contributed by atoms with Gasteiger partial charge in [0, 0.05) is 29.1 Å². The number of nitrogens with zero attached hydrogens (tertiary/aromatic N) is 2. The minimum Gasteiger partial charge on any atom is -0.356 e. The van der Waals surface area contributed by atoms with Gasteiger partial charge in [0.1, 0.15) is 5.82 Å². The van der Waals surface area contributed by atoms with E-state index in [1.54, 1.807) is 0 Å². The quantitative estimate of drug-likeness (QED) is 0.525. The van der Waals surface area contributed by atoms with Crippen molar-refractivity contribution in [2.45, 2.75) is 64.7 Å². The molecule has 2 aliphatic rings. The number of hydrogen-bond donors (Lipinski definition) is 0. The van der Waals surface area contributed by atoms with Gasteiger partial charge < -0.3 is 4.90 Å². The van der Waals surface area contributed by atoms with E-state index in [1.807, 2.05) is 6.07 Å². The van der Waals surface area contributed by atoms with E-state index < -0.39 is 0 Å². The molecule has 27 heavy (non-hydrogen) atoms. The molecule has 2 aromatic rings. The fraction of sp³-hybridized carbons (Fsp3) is 0.542. The third-order valence-electron chi connectivity index (χ3n) is 6.45. The van der Waals surface area contributed by atoms with Crippen molar-refractivity contribution >= 4 is 28.3 Å². The van der Waals surface area contributed by atoms with Crippen LogP contribution in [0.4, 0.5) is 5.82 Å². The van der Waals surface area contributed by atoms with Gasteiger partial charge >= 0.3 is 0 Å². The van der Waals surface area contributed by atoms with Gasteiger partial charge in [0.05, 0.1) is 5.52 Å². The highest BCUT2D eigenvalue weighted by Gasteiger charge is 2.25. The van der Waals surface area contributed by atoms with Gasteiger partial charge in [-0.05, 0) is 67.7 Å². The average molecular weight is 383 g/mol. The molecule has 144 valence electrons. The van der Waals surface area contributed by atoms with Gasteiger partial charge in [0.2, 0.25) is 0 Å². The van der Waals surface area contributed by atoms with E-state index in [9.17, 15) is 0 Å². The van der Waals surface area contributed by atoms with Gasteiger partial charge in [-0.1, -0.05) is 50.4 Å². The van der Waals surface area contributed by atoms with Crippen molar-refractivity contribution in [3.63, 3.8) is 0 Å². The molecule has 2 heterocycles. The molecule has 2 unspecified atom stereocenters. The molecule has 0 N–H and O–H groups in total. The van der Waals surface area contributed by atoms with Crippen LogP contribution in [0.25, 0.3) is 10.9 Å². The van der Waals surface area contributed by atoms with Crippen LogP contribution in [0, 0.1) is 5.92 Å². The molecule has 0 saturated carbocycles. The normalized spacial score (nSPS) is 23.6. The lowest BCUT2D eigenvalue weighted by atomic mass is 9.87. The molecule has 1 aliphatic heterocycles. The van der Waals surface area contributed by atoms with Crippen molar-refractivity contribution in [2.75, 3.05) is 18.0 Å². The van der Waals surface area contributed by atoms with Gasteiger partial charge in [-0.25, -0.2) is 4.98 Å². The van der Waals surface area contributed by atoms with Crippen LogP contribution < -0.4 is 4.90 Å². The van der Waals surface area contributed by atoms with Crippen LogP contribution in [-0.4, -0.2) is 18.1 Å². The second kappa shape index (κ2) is 8.22. The summed E-state index contributed by atoms with van der Waals surface area (Å²) in [5.41, 5.74) is 4.04. The van der Waals surface area contributed by atoms with E-state index in [0.29, 0.717) is 5.92 Å². The number of rotatable bonds is 2. The first-order chi connectivity index (χ1) is 13.2. The van der Waals surface area contributed by atoms with Crippen molar-refractivity contribution < 1.29 is 0 Å². The molecule has 2 atom stereocenters. The van der Waals surface area contributed by atoms with Crippen LogP contribution in [0.1, 0.15) is 69.4 Å². The summed E-state index contributed by atoms with van der Waals surface area (Å²) in [6, 6.07) is 6.23. The Kier molecular flexibility index (Phi) is 5.73. The second-order valence-corrected chi connectivity index (χ2v) is 8.82. The van der Waals surface area contributed by atoms with E-state index in [4.69, 9.17) is 16.6 Å². The number of anilines is 1. The Hall–Kier alpha value is -1.54. The van der Waals surface area contributed by atoms with Crippen molar-refractivity contribution in [1.82, 2.24) is 4.98 Å². The molecule has 1 aromatic carbocycles. The summed E-state index contributed by atoms with van der Waals surface area (Å²) in [4.78, 5) is 7.77. The van der Waals surface area contributed by atoms with Crippen molar-refractivity contribution in [1.29, 1.82) is 0 Å². The maximum atomic E-state index is 6.38. The summed E-state index contributed by atoms with van der Waals surface area (Å²) in [5, 5.41) is 2.07. The lowest BCUT2D eigenvalue weighted by Crippen LogP contribution is -2.31. The molecular formula is C24H31ClN2. The van der Waals surface area contributed by atoms with Gasteiger partial charge in [-0.3, -0.25) is 0 Å². The number of halogens is 1. The standard InChI is InChI=1S/C24H31ClN2/c1-3-18-9-4-5-10-20-23(18)21-16-19(25)11-12-22(21)26-24(20)27-14-7-6-8-17(2)13-15-27/h4-5,11-12,16-18H,3,6-10,13-15H2,1-2H3. The molecule has 1 aliphatic carbocycles. The molecule has 0 bridgehead atoms. The van der Waals surface area contributed by atoms with Gasteiger partial charge in [-0.15, -0.1) is 0 Å². The Morgan fingerprint density at radius 3 is 2.89 bits per heavy atom. The highest BCUT2D eigenvalue weighted by atomic mass is 35.5. The van der Waals surface area contributed by atoms with Crippen molar-refractivity contribution in [3.8, 4) is 0 Å². The zero-order valence-corrected chi connectivity index (χ0v) is 17.4. The predicted molar refractivity (Wildman–Crippen MR) is 117 cm³/mol. The summed E-state index contributed by atoms with van der Waals surface area (Å²) in [5.74, 6) is 2.60. The number of allylic oxidation sites excluding steroid dienone is 2. The summed E-state index contributed by atoms with van der Waals surface area (Å²) in [7, 11) is 0. The van der Waals surface area contributed by atoms with Crippen LogP contribution in [0.2, 0.25) is 5.02 Å². The highest BCUT2D eigenvalue weighted by molar-refractivity contribution is 6.31. The SMILES string of the molecule is CCC1CC=CCc2c(N3CCCCC(C)CC3)nc3ccc(Cl)cc3c21. The fourth-order valence-corrected chi connectivity index (χ4v) is 4.98. The third kappa shape index (κ3) is 3.87. The van der Waals surface area contributed by atoms with E-state index in [2.05, 4.69) is 43.0 Å². The summed E-state index contributed by atoms with van der Waals surface area (Å²) in [6.07, 6.45) is 13.2. The number of hydrogen-bond acceptors (Lipinski definition) is 2. The number of benzene rings is 1. The van der Waals surface area contributed by atoms with Crippen LogP contribution in [0.5, 0.6) is 0 Å². The molecular weight excluding hydrogens is 352 g/mol. The van der Waals surface area contributed by atoms with E-state index in [1.165, 1.54) is 48.0 Å². The fourth-order valence-electron chi connectivity index (χ4n) is 4.81. The Morgan fingerprint density at radius 2 is 2.04 bits per heavy atom. The van der Waals surface area contributed by atoms with Crippen LogP contribution in [0.15, 0.2) is 30.4 Å². The van der Waals surface area contributed by atoms with E-state index in [-0.39, 0.29) is 0 Å². The minimum absolute atomic E-state index is 0.551. The lowest BCUT2D eigenvalue weighted by molar-refractivity contribution is 0.437. The molecule has 1 saturated heterocycles. The number of fused-ring (bicyclic) bond motifs is 3.